The molecule has 0 aliphatic carbocycles. The fourth-order valence-corrected chi connectivity index (χ4v) is 1.62. The van der Waals surface area contributed by atoms with Crippen LogP contribution in [-0.4, -0.2) is 5.91 Å². The summed E-state index contributed by atoms with van der Waals surface area (Å²) in [6.07, 6.45) is 1.85. The van der Waals surface area contributed by atoms with E-state index >= 15 is 0 Å². The average Bonchev–Trinajstić information content (AvgIpc) is 1.98. The van der Waals surface area contributed by atoms with E-state index in [1.807, 2.05) is 0 Å². The summed E-state index contributed by atoms with van der Waals surface area (Å²) < 4.78 is 0. The highest BCUT2D eigenvalue weighted by Crippen LogP contribution is 2.38. The Hall–Kier alpha value is -0.530. The molecule has 0 aliphatic heterocycles. The Morgan fingerprint density at radius 1 is 1.21 bits per heavy atom. The minimum Gasteiger partial charge on any atom is -0.369 e. The van der Waals surface area contributed by atoms with Gasteiger partial charge in [0, 0.05) is 5.92 Å². The molecule has 0 aromatic heterocycles. The van der Waals surface area contributed by atoms with Gasteiger partial charge in [0.25, 0.3) is 0 Å². The van der Waals surface area contributed by atoms with Gasteiger partial charge in [-0.2, -0.15) is 0 Å². The summed E-state index contributed by atoms with van der Waals surface area (Å²) in [4.78, 5) is 11.4. The van der Waals surface area contributed by atoms with Crippen LogP contribution < -0.4 is 5.73 Å². The van der Waals surface area contributed by atoms with E-state index in [1.54, 1.807) is 0 Å². The van der Waals surface area contributed by atoms with Crippen LogP contribution in [0.15, 0.2) is 0 Å². The van der Waals surface area contributed by atoms with Gasteiger partial charge in [0.05, 0.1) is 0 Å². The first-order chi connectivity index (χ1) is 6.10. The summed E-state index contributed by atoms with van der Waals surface area (Å²) in [6, 6.07) is 0. The molecule has 0 saturated heterocycles. The monoisotopic (exact) mass is 199 g/mol. The normalized spacial score (nSPS) is 15.3. The summed E-state index contributed by atoms with van der Waals surface area (Å²) in [5.74, 6) is -0.181. The highest BCUT2D eigenvalue weighted by Gasteiger charge is 2.35. The molecule has 0 spiro atoms. The van der Waals surface area contributed by atoms with E-state index in [-0.39, 0.29) is 22.7 Å². The zero-order valence-electron chi connectivity index (χ0n) is 10.5. The van der Waals surface area contributed by atoms with Crippen molar-refractivity contribution in [1.82, 2.24) is 0 Å². The second kappa shape index (κ2) is 4.33. The molecule has 0 radical (unpaired) electrons. The van der Waals surface area contributed by atoms with Gasteiger partial charge in [-0.1, -0.05) is 48.0 Å². The van der Waals surface area contributed by atoms with Crippen LogP contribution in [0.5, 0.6) is 0 Å². The molecule has 1 amide bonds. The fraction of sp³-hybridized carbons (Fsp3) is 0.917. The van der Waals surface area contributed by atoms with Crippen molar-refractivity contribution in [3.8, 4) is 0 Å². The van der Waals surface area contributed by atoms with Crippen molar-refractivity contribution in [3.63, 3.8) is 0 Å². The van der Waals surface area contributed by atoms with Crippen LogP contribution in [0.1, 0.15) is 54.4 Å². The van der Waals surface area contributed by atoms with Gasteiger partial charge in [-0.25, -0.2) is 0 Å². The maximum atomic E-state index is 11.4. The van der Waals surface area contributed by atoms with Crippen molar-refractivity contribution in [3.05, 3.63) is 0 Å². The molecular formula is C12H25NO. The highest BCUT2D eigenvalue weighted by molar-refractivity contribution is 5.77. The first kappa shape index (κ1) is 13.5. The van der Waals surface area contributed by atoms with E-state index in [4.69, 9.17) is 5.73 Å². The SMILES string of the molecule is CCC(C)(C)C(CC(C)(C)C)C(N)=O. The topological polar surface area (TPSA) is 43.1 Å². The fourth-order valence-electron chi connectivity index (χ4n) is 1.62. The number of nitrogens with two attached hydrogens (primary N) is 1. The van der Waals surface area contributed by atoms with E-state index in [9.17, 15) is 4.79 Å². The highest BCUT2D eigenvalue weighted by atomic mass is 16.1. The van der Waals surface area contributed by atoms with Gasteiger partial charge < -0.3 is 5.73 Å². The van der Waals surface area contributed by atoms with Crippen LogP contribution in [0.4, 0.5) is 0 Å². The maximum absolute atomic E-state index is 11.4. The minimum atomic E-state index is -0.160. The predicted octanol–water partition coefficient (Wildman–Crippen LogP) is 2.96. The Kier molecular flexibility index (Phi) is 4.16. The molecule has 0 heterocycles. The number of hydrogen-bond acceptors (Lipinski definition) is 1. The van der Waals surface area contributed by atoms with E-state index in [0.29, 0.717) is 0 Å². The van der Waals surface area contributed by atoms with Gasteiger partial charge in [-0.15, -0.1) is 0 Å². The molecule has 0 fully saturated rings. The van der Waals surface area contributed by atoms with Crippen LogP contribution >= 0.6 is 0 Å². The first-order valence-corrected chi connectivity index (χ1v) is 5.39. The third kappa shape index (κ3) is 4.12. The molecule has 2 nitrogen and oxygen atoms in total. The lowest BCUT2D eigenvalue weighted by Crippen LogP contribution is -2.37. The number of carbonyl (C=O) groups is 1. The Labute approximate surface area is 88.3 Å². The number of rotatable bonds is 4. The lowest BCUT2D eigenvalue weighted by molar-refractivity contribution is -0.126. The second-order valence-electron chi connectivity index (χ2n) is 6.06. The van der Waals surface area contributed by atoms with Crippen LogP contribution in [-0.2, 0) is 4.79 Å². The summed E-state index contributed by atoms with van der Waals surface area (Å²) in [5, 5.41) is 0. The van der Waals surface area contributed by atoms with Crippen molar-refractivity contribution in [1.29, 1.82) is 0 Å². The zero-order chi connectivity index (χ0) is 11.6. The van der Waals surface area contributed by atoms with E-state index in [1.165, 1.54) is 0 Å². The smallest absolute Gasteiger partial charge is 0.221 e. The quantitative estimate of drug-likeness (QED) is 0.743. The molecule has 1 atom stereocenters. The zero-order valence-corrected chi connectivity index (χ0v) is 10.5. The van der Waals surface area contributed by atoms with Gasteiger partial charge in [0.2, 0.25) is 5.91 Å². The third-order valence-corrected chi connectivity index (χ3v) is 3.01. The van der Waals surface area contributed by atoms with Crippen molar-refractivity contribution in [2.75, 3.05) is 0 Å². The molecule has 0 aromatic rings. The average molecular weight is 199 g/mol. The summed E-state index contributed by atoms with van der Waals surface area (Å²) in [6.45, 7) is 12.8. The summed E-state index contributed by atoms with van der Waals surface area (Å²) >= 11 is 0. The molecule has 2 heteroatoms. The molecule has 0 bridgehead atoms. The number of primary amides is 1. The van der Waals surface area contributed by atoms with Gasteiger partial charge in [-0.05, 0) is 17.3 Å². The van der Waals surface area contributed by atoms with Gasteiger partial charge >= 0.3 is 0 Å². The van der Waals surface area contributed by atoms with Crippen LogP contribution in [0.3, 0.4) is 0 Å². The maximum Gasteiger partial charge on any atom is 0.221 e. The van der Waals surface area contributed by atoms with Gasteiger partial charge in [0.15, 0.2) is 0 Å². The van der Waals surface area contributed by atoms with Crippen molar-refractivity contribution < 1.29 is 4.79 Å². The Balaban J connectivity index is 4.71. The van der Waals surface area contributed by atoms with Crippen LogP contribution in [0, 0.1) is 16.7 Å². The molecule has 84 valence electrons. The molecule has 0 saturated carbocycles. The molecule has 2 N–H and O–H groups in total. The lowest BCUT2D eigenvalue weighted by Gasteiger charge is -2.35. The number of amides is 1. The molecule has 14 heavy (non-hydrogen) atoms. The summed E-state index contributed by atoms with van der Waals surface area (Å²) in [5.41, 5.74) is 5.64. The molecule has 1 unspecified atom stereocenters. The van der Waals surface area contributed by atoms with Crippen molar-refractivity contribution in [2.45, 2.75) is 54.4 Å². The molecule has 0 aromatic carbocycles. The van der Waals surface area contributed by atoms with Crippen LogP contribution in [0.25, 0.3) is 0 Å². The molecule has 0 aliphatic rings. The third-order valence-electron chi connectivity index (χ3n) is 3.01. The van der Waals surface area contributed by atoms with Crippen molar-refractivity contribution >= 4 is 5.91 Å². The van der Waals surface area contributed by atoms with Gasteiger partial charge in [0.1, 0.15) is 0 Å². The minimum absolute atomic E-state index is 0.0130. The Morgan fingerprint density at radius 3 is 1.86 bits per heavy atom. The van der Waals surface area contributed by atoms with Crippen molar-refractivity contribution in [2.24, 2.45) is 22.5 Å². The van der Waals surface area contributed by atoms with E-state index in [2.05, 4.69) is 41.5 Å². The standard InChI is InChI=1S/C12H25NO/c1-7-12(5,6)9(10(13)14)8-11(2,3)4/h9H,7-8H2,1-6H3,(H2,13,14). The first-order valence-electron chi connectivity index (χ1n) is 5.39. The largest absolute Gasteiger partial charge is 0.369 e. The number of carbonyl (C=O) groups excluding carboxylic acids is 1. The Bertz CT molecular complexity index is 201. The Morgan fingerprint density at radius 2 is 1.64 bits per heavy atom. The predicted molar refractivity (Wildman–Crippen MR) is 60.8 cm³/mol. The van der Waals surface area contributed by atoms with E-state index in [0.717, 1.165) is 12.8 Å². The van der Waals surface area contributed by atoms with Crippen LogP contribution in [0.2, 0.25) is 0 Å². The molecule has 0 rings (SSSR count). The van der Waals surface area contributed by atoms with E-state index < -0.39 is 0 Å². The number of hydrogen-bond donors (Lipinski definition) is 1. The molecular weight excluding hydrogens is 174 g/mol. The lowest BCUT2D eigenvalue weighted by atomic mass is 9.69. The summed E-state index contributed by atoms with van der Waals surface area (Å²) in [7, 11) is 0. The van der Waals surface area contributed by atoms with Gasteiger partial charge in [-0.3, -0.25) is 4.79 Å². The second-order valence-corrected chi connectivity index (χ2v) is 6.06.